The summed E-state index contributed by atoms with van der Waals surface area (Å²) in [5.74, 6) is 0. The van der Waals surface area contributed by atoms with Gasteiger partial charge in [-0.2, -0.15) is 0 Å². The molecule has 0 aliphatic carbocycles. The number of nitrogens with zero attached hydrogens (tertiary/aromatic N) is 1. The molecule has 2 aliphatic rings. The van der Waals surface area contributed by atoms with Crippen molar-refractivity contribution in [1.29, 1.82) is 0 Å². The van der Waals surface area contributed by atoms with Crippen molar-refractivity contribution in [1.82, 2.24) is 10.2 Å². The van der Waals surface area contributed by atoms with Gasteiger partial charge in [0.05, 0.1) is 32.0 Å². The summed E-state index contributed by atoms with van der Waals surface area (Å²) in [6.45, 7) is 8.91. The average molecular weight is 270 g/mol. The summed E-state index contributed by atoms with van der Waals surface area (Å²) < 4.78 is 10.7. The minimum Gasteiger partial charge on any atom is -0.388 e. The van der Waals surface area contributed by atoms with Crippen LogP contribution in [0.2, 0.25) is 0 Å². The van der Waals surface area contributed by atoms with E-state index in [1.165, 1.54) is 5.57 Å². The Bertz CT molecular complexity index is 299. The van der Waals surface area contributed by atoms with Gasteiger partial charge in [-0.05, 0) is 18.9 Å². The molecule has 1 atom stereocenters. The zero-order chi connectivity index (χ0) is 13.6. The molecule has 1 unspecified atom stereocenters. The van der Waals surface area contributed by atoms with Crippen molar-refractivity contribution in [2.24, 2.45) is 0 Å². The first-order valence-corrected chi connectivity index (χ1v) is 7.15. The number of nitrogens with one attached hydrogen (secondary N) is 1. The van der Waals surface area contributed by atoms with Gasteiger partial charge in [-0.25, -0.2) is 0 Å². The van der Waals surface area contributed by atoms with Crippen molar-refractivity contribution < 1.29 is 14.6 Å². The number of aliphatic hydroxyl groups is 1. The summed E-state index contributed by atoms with van der Waals surface area (Å²) >= 11 is 0. The van der Waals surface area contributed by atoms with Gasteiger partial charge in [0.15, 0.2) is 0 Å². The molecule has 2 rings (SSSR count). The Morgan fingerprint density at radius 3 is 2.79 bits per heavy atom. The quantitative estimate of drug-likeness (QED) is 0.666. The van der Waals surface area contributed by atoms with Crippen LogP contribution in [0, 0.1) is 0 Å². The maximum absolute atomic E-state index is 10.4. The Labute approximate surface area is 115 Å². The smallest absolute Gasteiger partial charge is 0.0869 e. The van der Waals surface area contributed by atoms with E-state index in [2.05, 4.69) is 16.3 Å². The molecule has 0 spiro atoms. The van der Waals surface area contributed by atoms with Crippen LogP contribution in [0.1, 0.15) is 13.3 Å². The number of hydrogen-bond acceptors (Lipinski definition) is 5. The molecule has 1 saturated heterocycles. The number of β-amino-alcohol motifs (C(OH)–C–C–N with tert-alkyl or cyclic N) is 1. The number of ether oxygens (including phenoxy) is 2. The molecule has 0 amide bonds. The van der Waals surface area contributed by atoms with Crippen LogP contribution < -0.4 is 5.32 Å². The molecule has 19 heavy (non-hydrogen) atoms. The third-order valence-electron chi connectivity index (χ3n) is 3.51. The van der Waals surface area contributed by atoms with E-state index >= 15 is 0 Å². The second-order valence-corrected chi connectivity index (χ2v) is 5.69. The summed E-state index contributed by atoms with van der Waals surface area (Å²) in [6.07, 6.45) is 3.23. The van der Waals surface area contributed by atoms with Gasteiger partial charge < -0.3 is 19.9 Å². The van der Waals surface area contributed by atoms with Gasteiger partial charge in [0.2, 0.25) is 0 Å². The average Bonchev–Trinajstić information content (AvgIpc) is 2.40. The Kier molecular flexibility index (Phi) is 5.78. The molecule has 1 fully saturated rings. The van der Waals surface area contributed by atoms with Crippen molar-refractivity contribution in [2.45, 2.75) is 18.9 Å². The molecule has 2 aliphatic heterocycles. The zero-order valence-electron chi connectivity index (χ0n) is 11.9. The van der Waals surface area contributed by atoms with Crippen molar-refractivity contribution in [3.05, 3.63) is 11.6 Å². The highest BCUT2D eigenvalue weighted by molar-refractivity contribution is 5.07. The van der Waals surface area contributed by atoms with Crippen molar-refractivity contribution in [3.8, 4) is 0 Å². The fourth-order valence-corrected chi connectivity index (χ4v) is 2.52. The normalized spacial score (nSPS) is 24.8. The Morgan fingerprint density at radius 2 is 2.11 bits per heavy atom. The van der Waals surface area contributed by atoms with Crippen molar-refractivity contribution in [2.75, 3.05) is 59.2 Å². The third kappa shape index (κ3) is 5.58. The maximum atomic E-state index is 10.4. The summed E-state index contributed by atoms with van der Waals surface area (Å²) in [6, 6.07) is 0. The maximum Gasteiger partial charge on any atom is 0.0869 e. The van der Waals surface area contributed by atoms with E-state index in [0.29, 0.717) is 13.1 Å². The van der Waals surface area contributed by atoms with Crippen LogP contribution in [-0.4, -0.2) is 74.8 Å². The summed E-state index contributed by atoms with van der Waals surface area (Å²) in [4.78, 5) is 2.26. The van der Waals surface area contributed by atoms with Gasteiger partial charge in [0.1, 0.15) is 0 Å². The van der Waals surface area contributed by atoms with E-state index in [4.69, 9.17) is 9.47 Å². The first kappa shape index (κ1) is 14.9. The molecule has 0 bridgehead atoms. The fourth-order valence-electron chi connectivity index (χ4n) is 2.52. The van der Waals surface area contributed by atoms with Gasteiger partial charge in [-0.1, -0.05) is 6.08 Å². The minimum absolute atomic E-state index is 0.599. The second-order valence-electron chi connectivity index (χ2n) is 5.69. The van der Waals surface area contributed by atoms with Crippen molar-refractivity contribution in [3.63, 3.8) is 0 Å². The topological polar surface area (TPSA) is 54.0 Å². The largest absolute Gasteiger partial charge is 0.388 e. The number of hydrogen-bond donors (Lipinski definition) is 2. The molecule has 2 N–H and O–H groups in total. The lowest BCUT2D eigenvalue weighted by Crippen LogP contribution is -2.50. The first-order chi connectivity index (χ1) is 9.16. The zero-order valence-corrected chi connectivity index (χ0v) is 11.9. The molecule has 5 nitrogen and oxygen atoms in total. The SMILES string of the molecule is CC(O)(CNCC1=CCCOC1)CN1CCOCC1. The van der Waals surface area contributed by atoms with Crippen LogP contribution in [-0.2, 0) is 9.47 Å². The highest BCUT2D eigenvalue weighted by Crippen LogP contribution is 2.09. The lowest BCUT2D eigenvalue weighted by molar-refractivity contribution is -0.0215. The predicted molar refractivity (Wildman–Crippen MR) is 74.3 cm³/mol. The van der Waals surface area contributed by atoms with Crippen molar-refractivity contribution >= 4 is 0 Å². The van der Waals surface area contributed by atoms with Crippen LogP contribution in [0.3, 0.4) is 0 Å². The molecule has 0 aromatic heterocycles. The van der Waals surface area contributed by atoms with E-state index in [1.54, 1.807) is 0 Å². The standard InChI is InChI=1S/C14H26N2O3/c1-14(17,12-16-4-7-18-8-5-16)11-15-9-13-3-2-6-19-10-13/h3,15,17H,2,4-12H2,1H3. The van der Waals surface area contributed by atoms with Crippen LogP contribution in [0.25, 0.3) is 0 Å². The molecular weight excluding hydrogens is 244 g/mol. The summed E-state index contributed by atoms with van der Waals surface area (Å²) in [7, 11) is 0. The Hall–Kier alpha value is -0.460. The van der Waals surface area contributed by atoms with E-state index in [0.717, 1.165) is 52.5 Å². The molecule has 2 heterocycles. The Morgan fingerprint density at radius 1 is 1.32 bits per heavy atom. The summed E-state index contributed by atoms with van der Waals surface area (Å²) in [5.41, 5.74) is 0.585. The molecule has 110 valence electrons. The van der Waals surface area contributed by atoms with Crippen LogP contribution >= 0.6 is 0 Å². The lowest BCUT2D eigenvalue weighted by atomic mass is 10.1. The monoisotopic (exact) mass is 270 g/mol. The van der Waals surface area contributed by atoms with Gasteiger partial charge in [-0.15, -0.1) is 0 Å². The second kappa shape index (κ2) is 7.36. The number of morpholine rings is 1. The van der Waals surface area contributed by atoms with Crippen LogP contribution in [0.15, 0.2) is 11.6 Å². The molecular formula is C14H26N2O3. The van der Waals surface area contributed by atoms with E-state index in [9.17, 15) is 5.11 Å². The highest BCUT2D eigenvalue weighted by Gasteiger charge is 2.24. The van der Waals surface area contributed by atoms with Gasteiger partial charge >= 0.3 is 0 Å². The molecule has 0 radical (unpaired) electrons. The molecule has 0 saturated carbocycles. The predicted octanol–water partition coefficient (Wildman–Crippen LogP) is 0.00590. The van der Waals surface area contributed by atoms with E-state index in [-0.39, 0.29) is 0 Å². The molecule has 0 aromatic carbocycles. The molecule has 0 aromatic rings. The van der Waals surface area contributed by atoms with E-state index < -0.39 is 5.60 Å². The lowest BCUT2D eigenvalue weighted by Gasteiger charge is -2.34. The van der Waals surface area contributed by atoms with Gasteiger partial charge in [0.25, 0.3) is 0 Å². The highest BCUT2D eigenvalue weighted by atomic mass is 16.5. The van der Waals surface area contributed by atoms with Crippen LogP contribution in [0.4, 0.5) is 0 Å². The minimum atomic E-state index is -0.701. The third-order valence-corrected chi connectivity index (χ3v) is 3.51. The van der Waals surface area contributed by atoms with Gasteiger partial charge in [-0.3, -0.25) is 4.90 Å². The van der Waals surface area contributed by atoms with Crippen LogP contribution in [0.5, 0.6) is 0 Å². The summed E-state index contributed by atoms with van der Waals surface area (Å²) in [5, 5.41) is 13.7. The number of rotatable bonds is 6. The fraction of sp³-hybridized carbons (Fsp3) is 0.857. The Balaban J connectivity index is 1.66. The van der Waals surface area contributed by atoms with E-state index in [1.807, 2.05) is 6.92 Å². The van der Waals surface area contributed by atoms with Gasteiger partial charge in [0, 0.05) is 32.7 Å². The molecule has 5 heteroatoms. The first-order valence-electron chi connectivity index (χ1n) is 7.15.